The van der Waals surface area contributed by atoms with Crippen molar-refractivity contribution in [3.8, 4) is 0 Å². The molecule has 0 aromatic heterocycles. The van der Waals surface area contributed by atoms with Crippen molar-refractivity contribution in [2.45, 2.75) is 13.3 Å². The van der Waals surface area contributed by atoms with Gasteiger partial charge in [0.15, 0.2) is 0 Å². The molecule has 37 valence electrons. The number of carbonyl (C=O) groups is 1. The molecule has 0 amide bonds. The van der Waals surface area contributed by atoms with Crippen molar-refractivity contribution in [2.75, 3.05) is 7.11 Å². The Kier molecular flexibility index (Phi) is 9.66. The van der Waals surface area contributed by atoms with E-state index in [1.54, 1.807) is 6.92 Å². The Morgan fingerprint density at radius 1 is 1.71 bits per heavy atom. The van der Waals surface area contributed by atoms with Gasteiger partial charge in [-0.3, -0.25) is 4.79 Å². The molecule has 0 N–H and O–H groups in total. The smallest absolute Gasteiger partial charge is 0.305 e. The summed E-state index contributed by atoms with van der Waals surface area (Å²) in [6.07, 6.45) is 0.469. The van der Waals surface area contributed by atoms with E-state index in [0.717, 1.165) is 0 Å². The van der Waals surface area contributed by atoms with Crippen molar-refractivity contribution >= 4 is 35.5 Å². The second-order valence-corrected chi connectivity index (χ2v) is 0.930. The van der Waals surface area contributed by atoms with Gasteiger partial charge in [0.2, 0.25) is 0 Å². The van der Waals surface area contributed by atoms with Crippen LogP contribution in [0.4, 0.5) is 0 Å². The maximum Gasteiger partial charge on any atom is 0.305 e. The van der Waals surface area contributed by atoms with Crippen LogP contribution in [0.5, 0.6) is 0 Å². The summed E-state index contributed by atoms with van der Waals surface area (Å²) < 4.78 is 4.26. The first-order valence-electron chi connectivity index (χ1n) is 1.88. The van der Waals surface area contributed by atoms with Crippen LogP contribution in [0.1, 0.15) is 13.3 Å². The number of methoxy groups -OCH3 is 1. The van der Waals surface area contributed by atoms with Crippen LogP contribution in [0.2, 0.25) is 0 Å². The monoisotopic (exact) mass is 111 g/mol. The van der Waals surface area contributed by atoms with Crippen molar-refractivity contribution in [1.82, 2.24) is 0 Å². The molecule has 0 aliphatic rings. The first-order valence-corrected chi connectivity index (χ1v) is 1.88. The first kappa shape index (κ1) is 10.5. The molecule has 7 heavy (non-hydrogen) atoms. The van der Waals surface area contributed by atoms with Crippen LogP contribution in [0.25, 0.3) is 0 Å². The molecule has 1 radical (unpaired) electrons. The van der Waals surface area contributed by atoms with Gasteiger partial charge in [-0.1, -0.05) is 6.92 Å². The van der Waals surface area contributed by atoms with Crippen LogP contribution in [0.3, 0.4) is 0 Å². The van der Waals surface area contributed by atoms with Crippen LogP contribution in [0, 0.1) is 0 Å². The SMILES string of the molecule is CCC(=O)OC.[Na]. The van der Waals surface area contributed by atoms with Crippen LogP contribution in [0.15, 0.2) is 0 Å². The zero-order valence-electron chi connectivity index (χ0n) is 5.02. The molecule has 0 aromatic carbocycles. The van der Waals surface area contributed by atoms with Crippen LogP contribution >= 0.6 is 0 Å². The molecule has 0 rings (SSSR count). The second-order valence-electron chi connectivity index (χ2n) is 0.930. The van der Waals surface area contributed by atoms with Crippen molar-refractivity contribution in [3.63, 3.8) is 0 Å². The minimum absolute atomic E-state index is 0. The van der Waals surface area contributed by atoms with Gasteiger partial charge in [0, 0.05) is 36.0 Å². The molecule has 0 atom stereocenters. The van der Waals surface area contributed by atoms with Gasteiger partial charge in [0.05, 0.1) is 7.11 Å². The topological polar surface area (TPSA) is 26.3 Å². The Hall–Kier alpha value is 0.470. The average Bonchev–Trinajstić information content (AvgIpc) is 1.65. The molecule has 0 saturated carbocycles. The van der Waals surface area contributed by atoms with Crippen molar-refractivity contribution in [2.24, 2.45) is 0 Å². The van der Waals surface area contributed by atoms with Gasteiger partial charge in [-0.25, -0.2) is 0 Å². The zero-order valence-corrected chi connectivity index (χ0v) is 7.02. The molecule has 0 aliphatic carbocycles. The fraction of sp³-hybridized carbons (Fsp3) is 0.750. The van der Waals surface area contributed by atoms with E-state index in [9.17, 15) is 4.79 Å². The molecule has 2 nitrogen and oxygen atoms in total. The summed E-state index contributed by atoms with van der Waals surface area (Å²) in [5.41, 5.74) is 0. The number of carbonyl (C=O) groups excluding carboxylic acids is 1. The number of rotatable bonds is 1. The van der Waals surface area contributed by atoms with Crippen LogP contribution < -0.4 is 0 Å². The Labute approximate surface area is 65.5 Å². The van der Waals surface area contributed by atoms with Crippen molar-refractivity contribution in [3.05, 3.63) is 0 Å². The number of ether oxygens (including phenoxy) is 1. The number of hydrogen-bond donors (Lipinski definition) is 0. The Bertz CT molecular complexity index is 47.7. The maximum absolute atomic E-state index is 9.96. The van der Waals surface area contributed by atoms with Gasteiger partial charge in [0.1, 0.15) is 0 Å². The van der Waals surface area contributed by atoms with E-state index < -0.39 is 0 Å². The van der Waals surface area contributed by atoms with Crippen molar-refractivity contribution in [1.29, 1.82) is 0 Å². The fourth-order valence-corrected chi connectivity index (χ4v) is 0.144. The first-order chi connectivity index (χ1) is 2.81. The van der Waals surface area contributed by atoms with E-state index in [1.165, 1.54) is 7.11 Å². The van der Waals surface area contributed by atoms with E-state index in [4.69, 9.17) is 0 Å². The number of esters is 1. The van der Waals surface area contributed by atoms with Crippen LogP contribution in [-0.2, 0) is 9.53 Å². The van der Waals surface area contributed by atoms with Crippen molar-refractivity contribution < 1.29 is 9.53 Å². The van der Waals surface area contributed by atoms with Gasteiger partial charge in [-0.15, -0.1) is 0 Å². The van der Waals surface area contributed by atoms with E-state index in [-0.39, 0.29) is 35.5 Å². The van der Waals surface area contributed by atoms with E-state index in [1.807, 2.05) is 0 Å². The predicted molar refractivity (Wildman–Crippen MR) is 28.1 cm³/mol. The molecule has 0 heterocycles. The zero-order chi connectivity index (χ0) is 4.99. The molecule has 0 aliphatic heterocycles. The van der Waals surface area contributed by atoms with Gasteiger partial charge < -0.3 is 4.74 Å². The molecule has 0 saturated heterocycles. The summed E-state index contributed by atoms with van der Waals surface area (Å²) >= 11 is 0. The standard InChI is InChI=1S/C4H8O2.Na/c1-3-4(5)6-2;/h3H2,1-2H3;. The third kappa shape index (κ3) is 6.47. The summed E-state index contributed by atoms with van der Waals surface area (Å²) in [6.45, 7) is 1.76. The molecule has 0 fully saturated rings. The summed E-state index contributed by atoms with van der Waals surface area (Å²) in [6, 6.07) is 0. The van der Waals surface area contributed by atoms with Gasteiger partial charge in [-0.2, -0.15) is 0 Å². The predicted octanol–water partition coefficient (Wildman–Crippen LogP) is 0.189. The number of hydrogen-bond acceptors (Lipinski definition) is 2. The van der Waals surface area contributed by atoms with Gasteiger partial charge >= 0.3 is 5.97 Å². The maximum atomic E-state index is 9.96. The molecule has 0 aromatic rings. The molecule has 0 unspecified atom stereocenters. The average molecular weight is 111 g/mol. The summed E-state index contributed by atoms with van der Waals surface area (Å²) in [4.78, 5) is 9.96. The minimum Gasteiger partial charge on any atom is -0.469 e. The second kappa shape index (κ2) is 6.47. The molecule has 0 bridgehead atoms. The third-order valence-corrected chi connectivity index (χ3v) is 0.516. The Morgan fingerprint density at radius 2 is 2.14 bits per heavy atom. The van der Waals surface area contributed by atoms with Gasteiger partial charge in [0.25, 0.3) is 0 Å². The van der Waals surface area contributed by atoms with E-state index in [2.05, 4.69) is 4.74 Å². The van der Waals surface area contributed by atoms with E-state index in [0.29, 0.717) is 6.42 Å². The molecule has 3 heteroatoms. The summed E-state index contributed by atoms with van der Waals surface area (Å²) in [5, 5.41) is 0. The quantitative estimate of drug-likeness (QED) is 0.356. The largest absolute Gasteiger partial charge is 0.469 e. The normalized spacial score (nSPS) is 6.57. The molecular weight excluding hydrogens is 103 g/mol. The summed E-state index contributed by atoms with van der Waals surface area (Å²) in [7, 11) is 1.38. The third-order valence-electron chi connectivity index (χ3n) is 0.516. The molecular formula is C4H8NaO2. The Balaban J connectivity index is 0. The van der Waals surface area contributed by atoms with Gasteiger partial charge in [-0.05, 0) is 0 Å². The Morgan fingerprint density at radius 3 is 2.14 bits per heavy atom. The fourth-order valence-electron chi connectivity index (χ4n) is 0.144. The van der Waals surface area contributed by atoms with E-state index >= 15 is 0 Å². The van der Waals surface area contributed by atoms with Crippen LogP contribution in [-0.4, -0.2) is 42.6 Å². The minimum atomic E-state index is -0.157. The molecule has 0 spiro atoms. The summed E-state index contributed by atoms with van der Waals surface area (Å²) in [5.74, 6) is -0.157.